The third-order valence-corrected chi connectivity index (χ3v) is 6.53. The SMILES string of the molecule is COc1cccc(C(NC(=O)C2CC(=O)N(CCc3ccc(OC)c(OC)c3)C2)c2nccn2C)c1. The molecular weight excluding hydrogens is 460 g/mol. The molecule has 2 atom stereocenters. The lowest BCUT2D eigenvalue weighted by Crippen LogP contribution is -2.37. The molecule has 1 aliphatic rings. The minimum atomic E-state index is -0.469. The highest BCUT2D eigenvalue weighted by atomic mass is 16.5. The topological polar surface area (TPSA) is 94.9 Å². The first-order chi connectivity index (χ1) is 17.4. The molecule has 0 aliphatic carbocycles. The Balaban J connectivity index is 1.43. The summed E-state index contributed by atoms with van der Waals surface area (Å²) in [7, 11) is 6.68. The molecule has 4 rings (SSSR count). The predicted molar refractivity (Wildman–Crippen MR) is 134 cm³/mol. The summed E-state index contributed by atoms with van der Waals surface area (Å²) in [6.45, 7) is 0.903. The number of nitrogens with zero attached hydrogens (tertiary/aromatic N) is 3. The molecule has 36 heavy (non-hydrogen) atoms. The molecule has 9 heteroatoms. The molecule has 0 bridgehead atoms. The molecular formula is C27H32N4O5. The molecule has 0 radical (unpaired) electrons. The Morgan fingerprint density at radius 2 is 1.92 bits per heavy atom. The van der Waals surface area contributed by atoms with Gasteiger partial charge in [0.1, 0.15) is 17.6 Å². The number of amides is 2. The maximum absolute atomic E-state index is 13.3. The van der Waals surface area contributed by atoms with Crippen molar-refractivity contribution in [3.05, 3.63) is 71.8 Å². The molecule has 2 heterocycles. The molecule has 190 valence electrons. The van der Waals surface area contributed by atoms with Gasteiger partial charge in [0, 0.05) is 39.0 Å². The maximum atomic E-state index is 13.3. The lowest BCUT2D eigenvalue weighted by molar-refractivity contribution is -0.129. The van der Waals surface area contributed by atoms with Crippen molar-refractivity contribution in [1.82, 2.24) is 19.8 Å². The van der Waals surface area contributed by atoms with Gasteiger partial charge in [0.15, 0.2) is 11.5 Å². The van der Waals surface area contributed by atoms with Crippen LogP contribution in [0.5, 0.6) is 17.2 Å². The van der Waals surface area contributed by atoms with Crippen molar-refractivity contribution in [1.29, 1.82) is 0 Å². The second-order valence-corrected chi connectivity index (χ2v) is 8.79. The van der Waals surface area contributed by atoms with Crippen molar-refractivity contribution in [3.63, 3.8) is 0 Å². The molecule has 1 fully saturated rings. The van der Waals surface area contributed by atoms with Gasteiger partial charge < -0.3 is 29.0 Å². The quantitative estimate of drug-likeness (QED) is 0.468. The fourth-order valence-corrected chi connectivity index (χ4v) is 4.50. The predicted octanol–water partition coefficient (Wildman–Crippen LogP) is 2.74. The zero-order valence-electron chi connectivity index (χ0n) is 21.1. The first kappa shape index (κ1) is 25.1. The van der Waals surface area contributed by atoms with E-state index in [9.17, 15) is 9.59 Å². The van der Waals surface area contributed by atoms with E-state index in [-0.39, 0.29) is 18.2 Å². The molecule has 3 aromatic rings. The molecule has 1 aliphatic heterocycles. The highest BCUT2D eigenvalue weighted by Gasteiger charge is 2.35. The Kier molecular flexibility index (Phi) is 7.77. The van der Waals surface area contributed by atoms with Crippen LogP contribution in [-0.4, -0.2) is 60.7 Å². The summed E-state index contributed by atoms with van der Waals surface area (Å²) in [5.74, 6) is 2.07. The summed E-state index contributed by atoms with van der Waals surface area (Å²) >= 11 is 0. The molecule has 1 saturated heterocycles. The van der Waals surface area contributed by atoms with Crippen molar-refractivity contribution < 1.29 is 23.8 Å². The number of aryl methyl sites for hydroxylation is 1. The van der Waals surface area contributed by atoms with Crippen molar-refractivity contribution in [2.75, 3.05) is 34.4 Å². The fraction of sp³-hybridized carbons (Fsp3) is 0.370. The highest BCUT2D eigenvalue weighted by molar-refractivity contribution is 5.89. The van der Waals surface area contributed by atoms with Crippen LogP contribution in [0.3, 0.4) is 0 Å². The van der Waals surface area contributed by atoms with Gasteiger partial charge in [0.2, 0.25) is 11.8 Å². The molecule has 2 amide bonds. The van der Waals surface area contributed by atoms with Gasteiger partial charge in [-0.3, -0.25) is 9.59 Å². The molecule has 0 saturated carbocycles. The van der Waals surface area contributed by atoms with Gasteiger partial charge >= 0.3 is 0 Å². The number of rotatable bonds is 10. The smallest absolute Gasteiger partial charge is 0.226 e. The van der Waals surface area contributed by atoms with E-state index in [1.807, 2.05) is 60.3 Å². The number of hydrogen-bond donors (Lipinski definition) is 1. The van der Waals surface area contributed by atoms with Crippen molar-refractivity contribution >= 4 is 11.8 Å². The molecule has 9 nitrogen and oxygen atoms in total. The maximum Gasteiger partial charge on any atom is 0.226 e. The normalized spacial score (nSPS) is 16.1. The van der Waals surface area contributed by atoms with E-state index < -0.39 is 12.0 Å². The van der Waals surface area contributed by atoms with Gasteiger partial charge in [-0.05, 0) is 41.8 Å². The third-order valence-electron chi connectivity index (χ3n) is 6.53. The van der Waals surface area contributed by atoms with Crippen LogP contribution < -0.4 is 19.5 Å². The number of carbonyl (C=O) groups is 2. The number of ether oxygens (including phenoxy) is 3. The second-order valence-electron chi connectivity index (χ2n) is 8.79. The molecule has 1 aromatic heterocycles. The average Bonchev–Trinajstić information content (AvgIpc) is 3.50. The van der Waals surface area contributed by atoms with Gasteiger partial charge in [0.05, 0.1) is 27.2 Å². The number of imidazole rings is 1. The van der Waals surface area contributed by atoms with Crippen LogP contribution in [0.15, 0.2) is 54.9 Å². The van der Waals surface area contributed by atoms with Gasteiger partial charge in [-0.1, -0.05) is 18.2 Å². The summed E-state index contributed by atoms with van der Waals surface area (Å²) in [4.78, 5) is 32.3. The number of likely N-dealkylation sites (tertiary alicyclic amines) is 1. The Hall–Kier alpha value is -4.01. The first-order valence-electron chi connectivity index (χ1n) is 11.8. The van der Waals surface area contributed by atoms with Crippen LogP contribution in [0.4, 0.5) is 0 Å². The van der Waals surface area contributed by atoms with Crippen LogP contribution in [0.25, 0.3) is 0 Å². The van der Waals surface area contributed by atoms with Crippen LogP contribution in [0, 0.1) is 5.92 Å². The Labute approximate surface area is 211 Å². The van der Waals surface area contributed by atoms with Gasteiger partial charge in [-0.2, -0.15) is 0 Å². The number of nitrogens with one attached hydrogen (secondary N) is 1. The van der Waals surface area contributed by atoms with Gasteiger partial charge in [-0.15, -0.1) is 0 Å². The number of hydrogen-bond acceptors (Lipinski definition) is 6. The molecule has 0 spiro atoms. The summed E-state index contributed by atoms with van der Waals surface area (Å²) in [6, 6.07) is 12.8. The third kappa shape index (κ3) is 5.45. The first-order valence-corrected chi connectivity index (χ1v) is 11.8. The van der Waals surface area contributed by atoms with E-state index in [0.717, 1.165) is 11.1 Å². The van der Waals surface area contributed by atoms with Gasteiger partial charge in [0.25, 0.3) is 0 Å². The van der Waals surface area contributed by atoms with E-state index in [0.29, 0.717) is 42.6 Å². The lowest BCUT2D eigenvalue weighted by Gasteiger charge is -2.22. The number of methoxy groups -OCH3 is 3. The van der Waals surface area contributed by atoms with Crippen molar-refractivity contribution in [3.8, 4) is 17.2 Å². The lowest BCUT2D eigenvalue weighted by atomic mass is 10.0. The van der Waals surface area contributed by atoms with E-state index in [1.165, 1.54) is 0 Å². The highest BCUT2D eigenvalue weighted by Crippen LogP contribution is 2.29. The molecule has 2 aromatic carbocycles. The van der Waals surface area contributed by atoms with E-state index in [4.69, 9.17) is 14.2 Å². The summed E-state index contributed by atoms with van der Waals surface area (Å²) < 4.78 is 17.9. The summed E-state index contributed by atoms with van der Waals surface area (Å²) in [5, 5.41) is 3.13. The summed E-state index contributed by atoms with van der Waals surface area (Å²) in [6.07, 6.45) is 4.37. The Morgan fingerprint density at radius 3 is 2.61 bits per heavy atom. The van der Waals surface area contributed by atoms with Crippen molar-refractivity contribution in [2.45, 2.75) is 18.9 Å². The number of aromatic nitrogens is 2. The van der Waals surface area contributed by atoms with E-state index >= 15 is 0 Å². The van der Waals surface area contributed by atoms with Crippen LogP contribution >= 0.6 is 0 Å². The standard InChI is InChI=1S/C27H32N4O5/c1-30-13-11-28-26(30)25(19-6-5-7-21(15-19)34-2)29-27(33)20-16-24(32)31(17-20)12-10-18-8-9-22(35-3)23(14-18)36-4/h5-9,11,13-15,20,25H,10,12,16-17H2,1-4H3,(H,29,33). The monoisotopic (exact) mass is 492 g/mol. The zero-order valence-corrected chi connectivity index (χ0v) is 21.1. The summed E-state index contributed by atoms with van der Waals surface area (Å²) in [5.41, 5.74) is 1.88. The van der Waals surface area contributed by atoms with Crippen LogP contribution in [0.2, 0.25) is 0 Å². The molecule has 1 N–H and O–H groups in total. The van der Waals surface area contributed by atoms with Crippen LogP contribution in [0.1, 0.15) is 29.4 Å². The Morgan fingerprint density at radius 1 is 1.11 bits per heavy atom. The largest absolute Gasteiger partial charge is 0.497 e. The Bertz CT molecular complexity index is 1220. The van der Waals surface area contributed by atoms with E-state index in [1.54, 1.807) is 32.4 Å². The number of carbonyl (C=O) groups excluding carboxylic acids is 2. The van der Waals surface area contributed by atoms with Crippen LogP contribution in [-0.2, 0) is 23.1 Å². The molecule has 2 unspecified atom stereocenters. The van der Waals surface area contributed by atoms with Gasteiger partial charge in [-0.25, -0.2) is 4.98 Å². The average molecular weight is 493 g/mol. The fourth-order valence-electron chi connectivity index (χ4n) is 4.50. The minimum absolute atomic E-state index is 0.0226. The number of benzene rings is 2. The minimum Gasteiger partial charge on any atom is -0.497 e. The zero-order chi connectivity index (χ0) is 25.7. The second kappa shape index (κ2) is 11.2. The van der Waals surface area contributed by atoms with Crippen molar-refractivity contribution in [2.24, 2.45) is 13.0 Å². The van der Waals surface area contributed by atoms with E-state index in [2.05, 4.69) is 10.3 Å².